The average Bonchev–Trinajstić information content (AvgIpc) is 3.25. The van der Waals surface area contributed by atoms with Gasteiger partial charge in [-0.2, -0.15) is 5.10 Å². The number of halogens is 1. The number of nitrogens with one attached hydrogen (secondary N) is 1. The maximum absolute atomic E-state index is 12.4. The second-order valence-corrected chi connectivity index (χ2v) is 5.97. The molecule has 0 aliphatic heterocycles. The first-order chi connectivity index (χ1) is 12.2. The van der Waals surface area contributed by atoms with Crippen LogP contribution in [-0.2, 0) is 6.54 Å². The van der Waals surface area contributed by atoms with Crippen molar-refractivity contribution in [3.05, 3.63) is 83.4 Å². The zero-order chi connectivity index (χ0) is 17.2. The predicted octanol–water partition coefficient (Wildman–Crippen LogP) is 3.32. The van der Waals surface area contributed by atoms with E-state index < -0.39 is 0 Å². The number of imidazole rings is 1. The molecule has 25 heavy (non-hydrogen) atoms. The van der Waals surface area contributed by atoms with E-state index in [1.165, 1.54) is 6.20 Å². The highest BCUT2D eigenvalue weighted by Gasteiger charge is 2.11. The van der Waals surface area contributed by atoms with Crippen molar-refractivity contribution in [2.75, 3.05) is 5.43 Å². The molecule has 4 aromatic rings. The molecule has 6 nitrogen and oxygen atoms in total. The lowest BCUT2D eigenvalue weighted by Crippen LogP contribution is -2.21. The fourth-order valence-corrected chi connectivity index (χ4v) is 2.79. The average molecular weight is 352 g/mol. The summed E-state index contributed by atoms with van der Waals surface area (Å²) in [4.78, 5) is 16.7. The molecule has 4 rings (SSSR count). The van der Waals surface area contributed by atoms with Crippen LogP contribution in [0.1, 0.15) is 15.9 Å². The molecule has 0 atom stereocenters. The van der Waals surface area contributed by atoms with Crippen LogP contribution in [0.15, 0.2) is 67.3 Å². The number of carbonyl (C=O) groups is 1. The maximum Gasteiger partial charge on any atom is 0.273 e. The van der Waals surface area contributed by atoms with Gasteiger partial charge in [0.2, 0.25) is 0 Å². The Balaban J connectivity index is 1.52. The summed E-state index contributed by atoms with van der Waals surface area (Å²) in [6.07, 6.45) is 4.81. The molecule has 0 spiro atoms. The first kappa shape index (κ1) is 15.4. The maximum atomic E-state index is 12.4. The van der Waals surface area contributed by atoms with Crippen LogP contribution in [0.5, 0.6) is 0 Å². The molecule has 1 N–H and O–H groups in total. The monoisotopic (exact) mass is 351 g/mol. The molecule has 0 aliphatic carbocycles. The molecule has 0 saturated heterocycles. The Labute approximate surface area is 148 Å². The van der Waals surface area contributed by atoms with E-state index in [-0.39, 0.29) is 5.91 Å². The smallest absolute Gasteiger partial charge is 0.267 e. The zero-order valence-electron chi connectivity index (χ0n) is 13.1. The van der Waals surface area contributed by atoms with Crippen molar-refractivity contribution in [1.29, 1.82) is 0 Å². The minimum Gasteiger partial charge on any atom is -0.267 e. The molecule has 7 heteroatoms. The van der Waals surface area contributed by atoms with Crippen LogP contribution in [-0.4, -0.2) is 25.3 Å². The van der Waals surface area contributed by atoms with Crippen molar-refractivity contribution in [3.8, 4) is 0 Å². The van der Waals surface area contributed by atoms with Gasteiger partial charge in [0.05, 0.1) is 29.3 Å². The van der Waals surface area contributed by atoms with Crippen LogP contribution in [0.4, 0.5) is 0 Å². The van der Waals surface area contributed by atoms with Gasteiger partial charge in [-0.15, -0.1) is 0 Å². The summed E-state index contributed by atoms with van der Waals surface area (Å²) < 4.78 is 3.28. The summed E-state index contributed by atoms with van der Waals surface area (Å²) in [5.41, 5.74) is 5.86. The van der Waals surface area contributed by atoms with Gasteiger partial charge in [0.15, 0.2) is 0 Å². The number of para-hydroxylation sites is 2. The Kier molecular flexibility index (Phi) is 3.95. The number of benzene rings is 2. The van der Waals surface area contributed by atoms with Gasteiger partial charge in [0.1, 0.15) is 6.33 Å². The summed E-state index contributed by atoms with van der Waals surface area (Å²) in [6.45, 7) is 0.501. The molecule has 0 saturated carbocycles. The first-order valence-corrected chi connectivity index (χ1v) is 8.08. The Morgan fingerprint density at radius 3 is 2.80 bits per heavy atom. The Bertz CT molecular complexity index is 1050. The van der Waals surface area contributed by atoms with Gasteiger partial charge in [-0.1, -0.05) is 41.9 Å². The van der Waals surface area contributed by atoms with Crippen LogP contribution >= 0.6 is 11.6 Å². The van der Waals surface area contributed by atoms with Crippen molar-refractivity contribution in [2.24, 2.45) is 0 Å². The molecule has 0 radical (unpaired) electrons. The lowest BCUT2D eigenvalue weighted by atomic mass is 10.2. The molecule has 2 heterocycles. The van der Waals surface area contributed by atoms with Crippen molar-refractivity contribution in [1.82, 2.24) is 19.4 Å². The quantitative estimate of drug-likeness (QED) is 0.613. The number of aromatic nitrogens is 4. The highest BCUT2D eigenvalue weighted by Crippen LogP contribution is 2.16. The molecule has 124 valence electrons. The van der Waals surface area contributed by atoms with Gasteiger partial charge >= 0.3 is 0 Å². The molecule has 0 fully saturated rings. The minimum atomic E-state index is -0.256. The number of carbonyl (C=O) groups excluding carboxylic acids is 1. The highest BCUT2D eigenvalue weighted by atomic mass is 35.5. The number of fused-ring (bicyclic) bond motifs is 1. The number of hydrogen-bond donors (Lipinski definition) is 1. The Hall–Kier alpha value is -3.12. The molecular weight excluding hydrogens is 338 g/mol. The third-order valence-electron chi connectivity index (χ3n) is 3.86. The van der Waals surface area contributed by atoms with E-state index in [9.17, 15) is 4.79 Å². The van der Waals surface area contributed by atoms with E-state index in [0.717, 1.165) is 16.6 Å². The molecule has 2 aromatic carbocycles. The normalized spacial score (nSPS) is 10.9. The van der Waals surface area contributed by atoms with E-state index in [1.54, 1.807) is 21.9 Å². The van der Waals surface area contributed by atoms with Crippen molar-refractivity contribution in [3.63, 3.8) is 0 Å². The molecule has 0 unspecified atom stereocenters. The van der Waals surface area contributed by atoms with Crippen molar-refractivity contribution >= 4 is 28.5 Å². The number of hydrogen-bond acceptors (Lipinski definition) is 3. The van der Waals surface area contributed by atoms with Gasteiger partial charge in [-0.25, -0.2) is 9.66 Å². The van der Waals surface area contributed by atoms with E-state index >= 15 is 0 Å². The van der Waals surface area contributed by atoms with Crippen LogP contribution in [0, 0.1) is 0 Å². The molecule has 0 bridgehead atoms. The lowest BCUT2D eigenvalue weighted by Gasteiger charge is -2.05. The second-order valence-electron chi connectivity index (χ2n) is 5.56. The van der Waals surface area contributed by atoms with Gasteiger partial charge in [-0.05, 0) is 23.8 Å². The molecular formula is C18H14ClN5O. The van der Waals surface area contributed by atoms with Crippen molar-refractivity contribution < 1.29 is 4.79 Å². The number of rotatable bonds is 4. The van der Waals surface area contributed by atoms with Gasteiger partial charge in [-0.3, -0.25) is 14.9 Å². The zero-order valence-corrected chi connectivity index (χ0v) is 13.9. The molecule has 0 aliphatic rings. The topological polar surface area (TPSA) is 64.7 Å². The van der Waals surface area contributed by atoms with Gasteiger partial charge in [0.25, 0.3) is 5.91 Å². The molecule has 2 aromatic heterocycles. The largest absolute Gasteiger partial charge is 0.273 e. The van der Waals surface area contributed by atoms with Crippen LogP contribution in [0.25, 0.3) is 11.0 Å². The summed E-state index contributed by atoms with van der Waals surface area (Å²) in [6, 6.07) is 15.1. The SMILES string of the molecule is O=C(Nn1cnc2ccccc21)c1cnn(Cc2ccccc2Cl)c1. The standard InChI is InChI=1S/C18H14ClN5O/c19-15-6-2-1-5-13(15)10-23-11-14(9-21-23)18(25)22-24-12-20-16-7-3-4-8-17(16)24/h1-9,11-12H,10H2,(H,22,25). The highest BCUT2D eigenvalue weighted by molar-refractivity contribution is 6.31. The summed E-state index contributed by atoms with van der Waals surface area (Å²) >= 11 is 6.16. The summed E-state index contributed by atoms with van der Waals surface area (Å²) in [7, 11) is 0. The number of amides is 1. The van der Waals surface area contributed by atoms with Gasteiger partial charge in [0, 0.05) is 11.2 Å². The number of nitrogens with zero attached hydrogens (tertiary/aromatic N) is 4. The van der Waals surface area contributed by atoms with E-state index in [0.29, 0.717) is 17.1 Å². The van der Waals surface area contributed by atoms with Crippen LogP contribution in [0.3, 0.4) is 0 Å². The summed E-state index contributed by atoms with van der Waals surface area (Å²) in [5, 5.41) is 4.91. The van der Waals surface area contributed by atoms with Crippen molar-refractivity contribution in [2.45, 2.75) is 6.54 Å². The fraction of sp³-hybridized carbons (Fsp3) is 0.0556. The Morgan fingerprint density at radius 1 is 1.12 bits per heavy atom. The van der Waals surface area contributed by atoms with Crippen LogP contribution < -0.4 is 5.43 Å². The first-order valence-electron chi connectivity index (χ1n) is 7.70. The minimum absolute atomic E-state index is 0.256. The summed E-state index contributed by atoms with van der Waals surface area (Å²) in [5.74, 6) is -0.256. The van der Waals surface area contributed by atoms with Gasteiger partial charge < -0.3 is 0 Å². The fourth-order valence-electron chi connectivity index (χ4n) is 2.59. The Morgan fingerprint density at radius 2 is 1.92 bits per heavy atom. The van der Waals surface area contributed by atoms with Crippen LogP contribution in [0.2, 0.25) is 5.02 Å². The van der Waals surface area contributed by atoms with E-state index in [4.69, 9.17) is 11.6 Å². The third kappa shape index (κ3) is 3.12. The second kappa shape index (κ2) is 6.41. The van der Waals surface area contributed by atoms with E-state index in [1.807, 2.05) is 48.5 Å². The van der Waals surface area contributed by atoms with E-state index in [2.05, 4.69) is 15.5 Å². The predicted molar refractivity (Wildman–Crippen MR) is 96.2 cm³/mol. The molecule has 1 amide bonds. The third-order valence-corrected chi connectivity index (χ3v) is 4.23. The lowest BCUT2D eigenvalue weighted by molar-refractivity contribution is 0.101.